The van der Waals surface area contributed by atoms with E-state index in [-0.39, 0.29) is 5.95 Å². The highest BCUT2D eigenvalue weighted by molar-refractivity contribution is 6.32. The van der Waals surface area contributed by atoms with Crippen LogP contribution < -0.4 is 11.1 Å². The van der Waals surface area contributed by atoms with Crippen molar-refractivity contribution in [3.8, 4) is 6.07 Å². The van der Waals surface area contributed by atoms with Crippen LogP contribution in [0.2, 0.25) is 5.02 Å². The number of nitrogens with zero attached hydrogens (tertiary/aromatic N) is 3. The lowest BCUT2D eigenvalue weighted by Crippen LogP contribution is -2.01. The van der Waals surface area contributed by atoms with E-state index < -0.39 is 0 Å². The number of nitrogen functional groups attached to an aromatic ring is 1. The van der Waals surface area contributed by atoms with E-state index in [1.165, 1.54) is 6.20 Å². The van der Waals surface area contributed by atoms with Crippen molar-refractivity contribution in [3.05, 3.63) is 40.5 Å². The predicted molar refractivity (Wildman–Crippen MR) is 70.6 cm³/mol. The Morgan fingerprint density at radius 3 is 2.94 bits per heavy atom. The summed E-state index contributed by atoms with van der Waals surface area (Å²) < 4.78 is 0. The molecule has 0 bridgehead atoms. The lowest BCUT2D eigenvalue weighted by atomic mass is 10.1. The summed E-state index contributed by atoms with van der Waals surface area (Å²) in [6, 6.07) is 7.40. The first-order valence-electron chi connectivity index (χ1n) is 5.16. The maximum atomic E-state index is 8.87. The number of nitrogens with two attached hydrogens (primary N) is 1. The van der Waals surface area contributed by atoms with Gasteiger partial charge in [0.25, 0.3) is 0 Å². The molecule has 1 aromatic carbocycles. The van der Waals surface area contributed by atoms with Gasteiger partial charge in [-0.1, -0.05) is 17.7 Å². The molecule has 0 unspecified atom stereocenters. The smallest absolute Gasteiger partial charge is 0.222 e. The molecule has 2 rings (SSSR count). The van der Waals surface area contributed by atoms with Gasteiger partial charge in [0.1, 0.15) is 5.02 Å². The first-order chi connectivity index (χ1) is 8.60. The molecular weight excluding hydrogens is 250 g/mol. The number of halogens is 1. The second-order valence-electron chi connectivity index (χ2n) is 3.69. The van der Waals surface area contributed by atoms with Gasteiger partial charge in [0, 0.05) is 5.69 Å². The van der Waals surface area contributed by atoms with Gasteiger partial charge in [-0.2, -0.15) is 10.2 Å². The number of aromatic nitrogens is 2. The molecular formula is C12H10ClN5. The van der Waals surface area contributed by atoms with Gasteiger partial charge >= 0.3 is 0 Å². The van der Waals surface area contributed by atoms with Crippen LogP contribution >= 0.6 is 11.6 Å². The van der Waals surface area contributed by atoms with Gasteiger partial charge in [0.15, 0.2) is 5.82 Å². The first kappa shape index (κ1) is 12.1. The van der Waals surface area contributed by atoms with Crippen LogP contribution in [-0.2, 0) is 0 Å². The summed E-state index contributed by atoms with van der Waals surface area (Å²) in [7, 11) is 0. The highest BCUT2D eigenvalue weighted by atomic mass is 35.5. The summed E-state index contributed by atoms with van der Waals surface area (Å²) in [5.74, 6) is 0.554. The van der Waals surface area contributed by atoms with Crippen LogP contribution in [0.25, 0.3) is 0 Å². The van der Waals surface area contributed by atoms with E-state index in [2.05, 4.69) is 21.4 Å². The molecule has 5 nitrogen and oxygen atoms in total. The molecule has 0 spiro atoms. The zero-order valence-corrected chi connectivity index (χ0v) is 10.4. The number of nitriles is 1. The zero-order valence-electron chi connectivity index (χ0n) is 9.61. The Bertz CT molecular complexity index is 633. The molecule has 0 saturated carbocycles. The highest BCUT2D eigenvalue weighted by Crippen LogP contribution is 2.25. The number of nitrogens with one attached hydrogen (secondary N) is 1. The number of aryl methyl sites for hydroxylation is 1. The predicted octanol–water partition coefficient (Wildman–Crippen LogP) is 2.64. The molecule has 0 aliphatic heterocycles. The van der Waals surface area contributed by atoms with Gasteiger partial charge in [-0.3, -0.25) is 0 Å². The lowest BCUT2D eigenvalue weighted by Gasteiger charge is -2.10. The van der Waals surface area contributed by atoms with E-state index in [9.17, 15) is 0 Å². The molecule has 0 aliphatic rings. The van der Waals surface area contributed by atoms with Crippen LogP contribution in [0.1, 0.15) is 11.1 Å². The molecule has 2 aromatic rings. The average molecular weight is 260 g/mol. The van der Waals surface area contributed by atoms with Crippen molar-refractivity contribution in [3.63, 3.8) is 0 Å². The van der Waals surface area contributed by atoms with Crippen LogP contribution in [0.5, 0.6) is 0 Å². The van der Waals surface area contributed by atoms with Crippen LogP contribution in [0.4, 0.5) is 17.5 Å². The van der Waals surface area contributed by atoms with E-state index in [4.69, 9.17) is 22.6 Å². The number of hydrogen-bond donors (Lipinski definition) is 2. The Labute approximate surface area is 109 Å². The van der Waals surface area contributed by atoms with Crippen LogP contribution in [0.15, 0.2) is 24.4 Å². The van der Waals surface area contributed by atoms with Crippen molar-refractivity contribution < 1.29 is 0 Å². The average Bonchev–Trinajstić information content (AvgIpc) is 2.36. The quantitative estimate of drug-likeness (QED) is 0.866. The molecule has 0 fully saturated rings. The molecule has 1 heterocycles. The van der Waals surface area contributed by atoms with Gasteiger partial charge in [0.05, 0.1) is 17.8 Å². The van der Waals surface area contributed by atoms with Crippen LogP contribution in [0.3, 0.4) is 0 Å². The Kier molecular flexibility index (Phi) is 3.31. The van der Waals surface area contributed by atoms with Crippen molar-refractivity contribution in [1.82, 2.24) is 9.97 Å². The summed E-state index contributed by atoms with van der Waals surface area (Å²) in [5, 5.41) is 12.3. The fourth-order valence-corrected chi connectivity index (χ4v) is 1.56. The molecule has 6 heteroatoms. The molecule has 0 radical (unpaired) electrons. The minimum Gasteiger partial charge on any atom is -0.368 e. The number of rotatable bonds is 2. The molecule has 0 aliphatic carbocycles. The molecule has 3 N–H and O–H groups in total. The van der Waals surface area contributed by atoms with Crippen LogP contribution in [-0.4, -0.2) is 9.97 Å². The summed E-state index contributed by atoms with van der Waals surface area (Å²) in [6.45, 7) is 1.92. The fourth-order valence-electron chi connectivity index (χ4n) is 1.42. The largest absolute Gasteiger partial charge is 0.368 e. The maximum absolute atomic E-state index is 8.87. The molecule has 0 saturated heterocycles. The fraction of sp³-hybridized carbons (Fsp3) is 0.0833. The monoisotopic (exact) mass is 259 g/mol. The minimum absolute atomic E-state index is 0.135. The summed E-state index contributed by atoms with van der Waals surface area (Å²) >= 11 is 5.96. The van der Waals surface area contributed by atoms with E-state index in [0.717, 1.165) is 11.3 Å². The standard InChI is InChI=1S/C12H10ClN5/c1-7-2-3-8(5-14)4-10(7)17-11-9(13)6-16-12(15)18-11/h2-4,6H,1H3,(H3,15,16,17,18). The topological polar surface area (TPSA) is 87.6 Å². The Hall–Kier alpha value is -2.32. The highest BCUT2D eigenvalue weighted by Gasteiger charge is 2.06. The lowest BCUT2D eigenvalue weighted by molar-refractivity contribution is 1.18. The Balaban J connectivity index is 2.39. The third-order valence-electron chi connectivity index (χ3n) is 2.38. The second kappa shape index (κ2) is 4.90. The molecule has 90 valence electrons. The van der Waals surface area contributed by atoms with Crippen molar-refractivity contribution in [2.45, 2.75) is 6.92 Å². The van der Waals surface area contributed by atoms with Gasteiger partial charge in [-0.15, -0.1) is 0 Å². The number of hydrogen-bond acceptors (Lipinski definition) is 5. The van der Waals surface area contributed by atoms with Gasteiger partial charge in [-0.25, -0.2) is 4.98 Å². The Morgan fingerprint density at radius 2 is 2.22 bits per heavy atom. The van der Waals surface area contributed by atoms with Crippen molar-refractivity contribution in [2.75, 3.05) is 11.1 Å². The molecule has 0 atom stereocenters. The number of benzene rings is 1. The van der Waals surface area contributed by atoms with E-state index in [1.807, 2.05) is 13.0 Å². The van der Waals surface area contributed by atoms with Crippen molar-refractivity contribution in [1.29, 1.82) is 5.26 Å². The van der Waals surface area contributed by atoms with Crippen molar-refractivity contribution >= 4 is 29.1 Å². The third-order valence-corrected chi connectivity index (χ3v) is 2.66. The van der Waals surface area contributed by atoms with E-state index in [1.54, 1.807) is 12.1 Å². The summed E-state index contributed by atoms with van der Waals surface area (Å²) in [5.41, 5.74) is 7.79. The molecule has 1 aromatic heterocycles. The number of anilines is 3. The third kappa shape index (κ3) is 2.50. The van der Waals surface area contributed by atoms with Gasteiger partial charge in [0.2, 0.25) is 5.95 Å². The minimum atomic E-state index is 0.135. The van der Waals surface area contributed by atoms with Crippen LogP contribution in [0, 0.1) is 18.3 Å². The molecule has 18 heavy (non-hydrogen) atoms. The Morgan fingerprint density at radius 1 is 1.44 bits per heavy atom. The first-order valence-corrected chi connectivity index (χ1v) is 5.53. The van der Waals surface area contributed by atoms with Gasteiger partial charge in [-0.05, 0) is 24.6 Å². The van der Waals surface area contributed by atoms with E-state index in [0.29, 0.717) is 16.4 Å². The second-order valence-corrected chi connectivity index (χ2v) is 4.10. The molecule has 0 amide bonds. The normalized spacial score (nSPS) is 9.83. The van der Waals surface area contributed by atoms with Gasteiger partial charge < -0.3 is 11.1 Å². The SMILES string of the molecule is Cc1ccc(C#N)cc1Nc1nc(N)ncc1Cl. The van der Waals surface area contributed by atoms with Crippen molar-refractivity contribution in [2.24, 2.45) is 0 Å². The van der Waals surface area contributed by atoms with E-state index >= 15 is 0 Å². The summed E-state index contributed by atoms with van der Waals surface area (Å²) in [4.78, 5) is 7.78. The summed E-state index contributed by atoms with van der Waals surface area (Å²) in [6.07, 6.45) is 1.43. The maximum Gasteiger partial charge on any atom is 0.222 e. The zero-order chi connectivity index (χ0) is 13.1.